The molecule has 1 unspecified atom stereocenters. The molecule has 0 spiro atoms. The van der Waals surface area contributed by atoms with Gasteiger partial charge in [0, 0.05) is 31.2 Å². The monoisotopic (exact) mass is 309 g/mol. The highest BCUT2D eigenvalue weighted by Crippen LogP contribution is 2.38. The van der Waals surface area contributed by atoms with Gasteiger partial charge in [0.05, 0.1) is 5.39 Å². The van der Waals surface area contributed by atoms with Crippen LogP contribution in [0, 0.1) is 0 Å². The predicted octanol–water partition coefficient (Wildman–Crippen LogP) is 2.27. The number of hydrogen-bond donors (Lipinski definition) is 1. The van der Waals surface area contributed by atoms with E-state index in [2.05, 4.69) is 40.7 Å². The molecule has 118 valence electrons. The summed E-state index contributed by atoms with van der Waals surface area (Å²) in [5, 5.41) is 9.69. The lowest BCUT2D eigenvalue weighted by molar-refractivity contribution is 0.469. The van der Waals surface area contributed by atoms with Crippen LogP contribution in [0.4, 0.5) is 5.82 Å². The summed E-state index contributed by atoms with van der Waals surface area (Å²) in [5.41, 5.74) is 0.901. The van der Waals surface area contributed by atoms with Gasteiger partial charge in [-0.3, -0.25) is 0 Å². The van der Waals surface area contributed by atoms with Crippen molar-refractivity contribution in [3.8, 4) is 0 Å². The number of anilines is 1. The molecule has 3 aromatic rings. The molecule has 4 heterocycles. The highest BCUT2D eigenvalue weighted by molar-refractivity contribution is 5.87. The van der Waals surface area contributed by atoms with Crippen molar-refractivity contribution in [3.05, 3.63) is 30.7 Å². The first-order valence-corrected chi connectivity index (χ1v) is 8.32. The molecular formula is C16H19N7. The van der Waals surface area contributed by atoms with Crippen LogP contribution in [-0.2, 0) is 0 Å². The zero-order valence-corrected chi connectivity index (χ0v) is 12.9. The van der Waals surface area contributed by atoms with Crippen LogP contribution in [0.2, 0.25) is 0 Å². The molecule has 1 saturated heterocycles. The number of rotatable bonds is 3. The van der Waals surface area contributed by atoms with Crippen molar-refractivity contribution in [2.24, 2.45) is 0 Å². The second kappa shape index (κ2) is 5.04. The fourth-order valence-corrected chi connectivity index (χ4v) is 3.67. The Kier molecular flexibility index (Phi) is 2.86. The maximum Gasteiger partial charge on any atom is 0.142 e. The first-order chi connectivity index (χ1) is 11.4. The fourth-order valence-electron chi connectivity index (χ4n) is 3.67. The van der Waals surface area contributed by atoms with E-state index in [0.717, 1.165) is 42.2 Å². The molecule has 2 aliphatic rings. The van der Waals surface area contributed by atoms with Crippen LogP contribution in [0.15, 0.2) is 24.9 Å². The smallest absolute Gasteiger partial charge is 0.142 e. The second-order valence-electron chi connectivity index (χ2n) is 6.55. The van der Waals surface area contributed by atoms with Gasteiger partial charge in [-0.1, -0.05) is 0 Å². The largest absolute Gasteiger partial charge is 0.355 e. The molecule has 5 rings (SSSR count). The van der Waals surface area contributed by atoms with Crippen LogP contribution in [0.1, 0.15) is 43.5 Å². The highest BCUT2D eigenvalue weighted by atomic mass is 15.3. The number of fused-ring (bicyclic) bond motifs is 1. The molecule has 1 saturated carbocycles. The number of hydrogen-bond acceptors (Lipinski definition) is 5. The Morgan fingerprint density at radius 1 is 1.17 bits per heavy atom. The SMILES string of the molecule is c1nc(N2CCCC(c3nncn3C3CC3)C2)c2cc[nH]c2n1. The van der Waals surface area contributed by atoms with Crippen molar-refractivity contribution in [2.75, 3.05) is 18.0 Å². The quantitative estimate of drug-likeness (QED) is 0.803. The molecule has 7 heteroatoms. The van der Waals surface area contributed by atoms with Crippen LogP contribution in [0.5, 0.6) is 0 Å². The summed E-state index contributed by atoms with van der Waals surface area (Å²) in [5.74, 6) is 2.60. The van der Waals surface area contributed by atoms with Gasteiger partial charge in [-0.15, -0.1) is 10.2 Å². The fraction of sp³-hybridized carbons (Fsp3) is 0.500. The maximum atomic E-state index is 4.54. The van der Waals surface area contributed by atoms with Crippen LogP contribution >= 0.6 is 0 Å². The summed E-state index contributed by atoms with van der Waals surface area (Å²) in [6, 6.07) is 2.69. The Labute approximate surface area is 133 Å². The van der Waals surface area contributed by atoms with Crippen molar-refractivity contribution in [3.63, 3.8) is 0 Å². The zero-order chi connectivity index (χ0) is 15.2. The summed E-state index contributed by atoms with van der Waals surface area (Å²) in [7, 11) is 0. The van der Waals surface area contributed by atoms with Crippen LogP contribution in [0.3, 0.4) is 0 Å². The van der Waals surface area contributed by atoms with Gasteiger partial charge in [-0.25, -0.2) is 9.97 Å². The van der Waals surface area contributed by atoms with Gasteiger partial charge in [0.2, 0.25) is 0 Å². The van der Waals surface area contributed by atoms with Crippen LogP contribution < -0.4 is 4.90 Å². The van der Waals surface area contributed by atoms with E-state index in [0.29, 0.717) is 12.0 Å². The first-order valence-electron chi connectivity index (χ1n) is 8.32. The van der Waals surface area contributed by atoms with Crippen LogP contribution in [0.25, 0.3) is 11.0 Å². The highest BCUT2D eigenvalue weighted by Gasteiger charge is 2.32. The topological polar surface area (TPSA) is 75.5 Å². The van der Waals surface area contributed by atoms with Crippen molar-refractivity contribution in [1.82, 2.24) is 29.7 Å². The normalized spacial score (nSPS) is 21.9. The number of H-pyrrole nitrogens is 1. The Morgan fingerprint density at radius 3 is 3.04 bits per heavy atom. The van der Waals surface area contributed by atoms with Gasteiger partial charge in [0.25, 0.3) is 0 Å². The predicted molar refractivity (Wildman–Crippen MR) is 86.4 cm³/mol. The average Bonchev–Trinajstić information content (AvgIpc) is 3.12. The van der Waals surface area contributed by atoms with E-state index in [-0.39, 0.29) is 0 Å². The molecule has 23 heavy (non-hydrogen) atoms. The molecular weight excluding hydrogens is 290 g/mol. The Hall–Kier alpha value is -2.44. The lowest BCUT2D eigenvalue weighted by Gasteiger charge is -2.33. The minimum atomic E-state index is 0.427. The molecule has 3 aromatic heterocycles. The van der Waals surface area contributed by atoms with Gasteiger partial charge in [-0.2, -0.15) is 0 Å². The Bertz CT molecular complexity index is 832. The van der Waals surface area contributed by atoms with Crippen LogP contribution in [-0.4, -0.2) is 42.8 Å². The van der Waals surface area contributed by atoms with E-state index in [1.54, 1.807) is 6.33 Å². The molecule has 0 bridgehead atoms. The van der Waals surface area contributed by atoms with Gasteiger partial charge in [-0.05, 0) is 31.7 Å². The number of nitrogens with one attached hydrogen (secondary N) is 1. The second-order valence-corrected chi connectivity index (χ2v) is 6.55. The van der Waals surface area contributed by atoms with E-state index in [1.807, 2.05) is 12.5 Å². The number of aromatic nitrogens is 6. The molecule has 1 N–H and O–H groups in total. The summed E-state index contributed by atoms with van der Waals surface area (Å²) < 4.78 is 2.29. The van der Waals surface area contributed by atoms with E-state index in [9.17, 15) is 0 Å². The molecule has 2 fully saturated rings. The van der Waals surface area contributed by atoms with E-state index in [4.69, 9.17) is 0 Å². The minimum Gasteiger partial charge on any atom is -0.355 e. The van der Waals surface area contributed by atoms with Gasteiger partial charge in [0.15, 0.2) is 0 Å². The van der Waals surface area contributed by atoms with Gasteiger partial charge < -0.3 is 14.5 Å². The van der Waals surface area contributed by atoms with Crippen molar-refractivity contribution in [1.29, 1.82) is 0 Å². The zero-order valence-electron chi connectivity index (χ0n) is 12.9. The van der Waals surface area contributed by atoms with Crippen molar-refractivity contribution in [2.45, 2.75) is 37.6 Å². The molecule has 1 atom stereocenters. The molecule has 0 aromatic carbocycles. The Balaban J connectivity index is 1.46. The average molecular weight is 309 g/mol. The standard InChI is InChI=1S/C16H19N7/c1-2-11(15-21-20-10-23(15)12-3-4-12)8-22(7-1)16-13-5-6-17-14(13)18-9-19-16/h5-6,9-12H,1-4,7-8H2,(H,17,18,19). The summed E-state index contributed by atoms with van der Waals surface area (Å²) in [6.45, 7) is 1.98. The molecule has 1 aliphatic carbocycles. The first kappa shape index (κ1) is 13.0. The van der Waals surface area contributed by atoms with E-state index >= 15 is 0 Å². The number of aromatic amines is 1. The number of piperidine rings is 1. The van der Waals surface area contributed by atoms with E-state index < -0.39 is 0 Å². The lowest BCUT2D eigenvalue weighted by Crippen LogP contribution is -2.36. The lowest BCUT2D eigenvalue weighted by atomic mass is 9.97. The third-order valence-electron chi connectivity index (χ3n) is 4.96. The van der Waals surface area contributed by atoms with Gasteiger partial charge >= 0.3 is 0 Å². The summed E-state index contributed by atoms with van der Waals surface area (Å²) >= 11 is 0. The van der Waals surface area contributed by atoms with Crippen molar-refractivity contribution < 1.29 is 0 Å². The van der Waals surface area contributed by atoms with E-state index in [1.165, 1.54) is 19.3 Å². The Morgan fingerprint density at radius 2 is 2.13 bits per heavy atom. The van der Waals surface area contributed by atoms with Gasteiger partial charge in [0.1, 0.15) is 29.9 Å². The molecule has 7 nitrogen and oxygen atoms in total. The number of nitrogens with zero attached hydrogens (tertiary/aromatic N) is 6. The minimum absolute atomic E-state index is 0.427. The summed E-state index contributed by atoms with van der Waals surface area (Å²) in [6.07, 6.45) is 10.3. The third kappa shape index (κ3) is 2.18. The van der Waals surface area contributed by atoms with Crippen molar-refractivity contribution >= 4 is 16.9 Å². The third-order valence-corrected chi connectivity index (χ3v) is 4.96. The molecule has 0 amide bonds. The summed E-state index contributed by atoms with van der Waals surface area (Å²) in [4.78, 5) is 14.4. The molecule has 0 radical (unpaired) electrons. The molecule has 1 aliphatic heterocycles. The maximum absolute atomic E-state index is 4.54.